The van der Waals surface area contributed by atoms with E-state index in [0.29, 0.717) is 6.54 Å². The number of carbonyl (C=O) groups is 1. The number of carbonyl (C=O) groups excluding carboxylic acids is 1. The van der Waals surface area contributed by atoms with Crippen LogP contribution in [0.1, 0.15) is 20.8 Å². The highest BCUT2D eigenvalue weighted by Gasteiger charge is 2.22. The van der Waals surface area contributed by atoms with Crippen molar-refractivity contribution in [2.24, 2.45) is 5.73 Å². The average molecular weight is 144 g/mol. The number of amides is 1. The predicted molar refractivity (Wildman–Crippen MR) is 41.6 cm³/mol. The molecule has 60 valence electrons. The van der Waals surface area contributed by atoms with Crippen molar-refractivity contribution in [3.05, 3.63) is 0 Å². The van der Waals surface area contributed by atoms with Crippen LogP contribution in [-0.2, 0) is 4.79 Å². The predicted octanol–water partition coefficient (Wildman–Crippen LogP) is 0.202. The molecule has 2 N–H and O–H groups in total. The number of hydrogen-bond donors (Lipinski definition) is 1. The first-order valence-corrected chi connectivity index (χ1v) is 3.36. The molecule has 0 unspecified atom stereocenters. The van der Waals surface area contributed by atoms with Crippen molar-refractivity contribution in [1.29, 1.82) is 0 Å². The lowest BCUT2D eigenvalue weighted by molar-refractivity contribution is -0.131. The molecule has 0 aromatic heterocycles. The molecule has 0 bridgehead atoms. The summed E-state index contributed by atoms with van der Waals surface area (Å²) >= 11 is 0. The third kappa shape index (κ3) is 1.99. The van der Waals surface area contributed by atoms with Gasteiger partial charge >= 0.3 is 0 Å². The Kier molecular flexibility index (Phi) is 2.84. The van der Waals surface area contributed by atoms with E-state index in [9.17, 15) is 4.79 Å². The molecule has 0 fully saturated rings. The molecule has 0 spiro atoms. The highest BCUT2D eigenvalue weighted by molar-refractivity contribution is 5.73. The van der Waals surface area contributed by atoms with E-state index in [1.54, 1.807) is 11.9 Å². The number of likely N-dealkylation sites (N-methyl/N-ethyl adjacent to an activating group) is 1. The zero-order valence-electron chi connectivity index (χ0n) is 7.14. The lowest BCUT2D eigenvalue weighted by Crippen LogP contribution is -2.49. The first-order chi connectivity index (χ1) is 4.41. The summed E-state index contributed by atoms with van der Waals surface area (Å²) in [4.78, 5) is 12.5. The summed E-state index contributed by atoms with van der Waals surface area (Å²) < 4.78 is 0. The Bertz CT molecular complexity index is 132. The molecule has 3 heteroatoms. The van der Waals surface area contributed by atoms with Crippen LogP contribution in [0.2, 0.25) is 0 Å². The second-order valence-electron chi connectivity index (χ2n) is 3.09. The fourth-order valence-corrected chi connectivity index (χ4v) is 0.563. The first-order valence-electron chi connectivity index (χ1n) is 3.36. The van der Waals surface area contributed by atoms with Crippen LogP contribution >= 0.6 is 0 Å². The van der Waals surface area contributed by atoms with Crippen LogP contribution in [0.5, 0.6) is 0 Å². The minimum atomic E-state index is -0.216. The summed E-state index contributed by atoms with van der Waals surface area (Å²) in [5.74, 6) is 0.0513. The molecule has 0 atom stereocenters. The Morgan fingerprint density at radius 1 is 1.60 bits per heavy atom. The Labute approximate surface area is 62.2 Å². The molecule has 0 rings (SSSR count). The molecule has 1 amide bonds. The van der Waals surface area contributed by atoms with Crippen molar-refractivity contribution in [1.82, 2.24) is 4.90 Å². The summed E-state index contributed by atoms with van der Waals surface area (Å²) in [6.07, 6.45) is 0. The van der Waals surface area contributed by atoms with Gasteiger partial charge in [0.15, 0.2) is 0 Å². The second kappa shape index (κ2) is 3.01. The number of nitrogens with zero attached hydrogens (tertiary/aromatic N) is 1. The van der Waals surface area contributed by atoms with Crippen LogP contribution in [-0.4, -0.2) is 29.9 Å². The third-order valence-electron chi connectivity index (χ3n) is 1.88. The van der Waals surface area contributed by atoms with Gasteiger partial charge in [-0.1, -0.05) is 0 Å². The fourth-order valence-electron chi connectivity index (χ4n) is 0.563. The summed E-state index contributed by atoms with van der Waals surface area (Å²) in [7, 11) is 1.76. The Morgan fingerprint density at radius 2 is 2.00 bits per heavy atom. The van der Waals surface area contributed by atoms with Gasteiger partial charge in [-0.25, -0.2) is 0 Å². The van der Waals surface area contributed by atoms with Gasteiger partial charge < -0.3 is 10.6 Å². The number of hydrogen-bond acceptors (Lipinski definition) is 2. The maximum Gasteiger partial charge on any atom is 0.219 e. The molecule has 10 heavy (non-hydrogen) atoms. The summed E-state index contributed by atoms with van der Waals surface area (Å²) in [6, 6.07) is 0. The van der Waals surface area contributed by atoms with Crippen molar-refractivity contribution in [3.63, 3.8) is 0 Å². The molecule has 0 aliphatic heterocycles. The molecule has 0 radical (unpaired) electrons. The highest BCUT2D eigenvalue weighted by atomic mass is 16.2. The van der Waals surface area contributed by atoms with Gasteiger partial charge in [0, 0.05) is 26.1 Å². The molecule has 0 saturated heterocycles. The molecule has 0 aliphatic rings. The number of rotatable bonds is 2. The Hall–Kier alpha value is -0.570. The smallest absolute Gasteiger partial charge is 0.219 e. The van der Waals surface area contributed by atoms with E-state index >= 15 is 0 Å². The molecule has 0 saturated carbocycles. The lowest BCUT2D eigenvalue weighted by atomic mass is 10.0. The average Bonchev–Trinajstić information content (AvgIpc) is 1.86. The molecular weight excluding hydrogens is 128 g/mol. The summed E-state index contributed by atoms with van der Waals surface area (Å²) in [6.45, 7) is 5.91. The molecule has 0 aliphatic carbocycles. The van der Waals surface area contributed by atoms with Crippen molar-refractivity contribution >= 4 is 5.91 Å². The molecule has 3 nitrogen and oxygen atoms in total. The van der Waals surface area contributed by atoms with Crippen molar-refractivity contribution < 1.29 is 4.79 Å². The highest BCUT2D eigenvalue weighted by Crippen LogP contribution is 2.09. The van der Waals surface area contributed by atoms with Gasteiger partial charge in [0.1, 0.15) is 0 Å². The van der Waals surface area contributed by atoms with Gasteiger partial charge in [0.25, 0.3) is 0 Å². The second-order valence-corrected chi connectivity index (χ2v) is 3.09. The van der Waals surface area contributed by atoms with Crippen LogP contribution in [0, 0.1) is 0 Å². The van der Waals surface area contributed by atoms with Gasteiger partial charge in [0.05, 0.1) is 0 Å². The van der Waals surface area contributed by atoms with E-state index in [0.717, 1.165) is 0 Å². The molecule has 0 aromatic carbocycles. The zero-order valence-corrected chi connectivity index (χ0v) is 7.14. The van der Waals surface area contributed by atoms with Crippen LogP contribution < -0.4 is 5.73 Å². The van der Waals surface area contributed by atoms with E-state index in [1.807, 2.05) is 13.8 Å². The van der Waals surface area contributed by atoms with Gasteiger partial charge in [-0.2, -0.15) is 0 Å². The fraction of sp³-hybridized carbons (Fsp3) is 0.857. The summed E-state index contributed by atoms with van der Waals surface area (Å²) in [5, 5.41) is 0. The maximum atomic E-state index is 10.8. The van der Waals surface area contributed by atoms with Gasteiger partial charge in [-0.05, 0) is 13.8 Å². The minimum Gasteiger partial charge on any atom is -0.340 e. The zero-order chi connectivity index (χ0) is 8.36. The van der Waals surface area contributed by atoms with E-state index < -0.39 is 0 Å². The molecular formula is C7H16N2O. The monoisotopic (exact) mass is 144 g/mol. The quantitative estimate of drug-likeness (QED) is 0.602. The van der Waals surface area contributed by atoms with Crippen molar-refractivity contribution in [2.75, 3.05) is 13.6 Å². The summed E-state index contributed by atoms with van der Waals surface area (Å²) in [5.41, 5.74) is 5.23. The SMILES string of the molecule is CC(=O)N(C)C(C)(C)CN. The Balaban J connectivity index is 4.17. The topological polar surface area (TPSA) is 46.3 Å². The third-order valence-corrected chi connectivity index (χ3v) is 1.88. The molecule has 0 heterocycles. The van der Waals surface area contributed by atoms with Crippen LogP contribution in [0.15, 0.2) is 0 Å². The molecule has 0 aromatic rings. The lowest BCUT2D eigenvalue weighted by Gasteiger charge is -2.33. The van der Waals surface area contributed by atoms with E-state index in [-0.39, 0.29) is 11.4 Å². The van der Waals surface area contributed by atoms with E-state index in [4.69, 9.17) is 5.73 Å². The van der Waals surface area contributed by atoms with Gasteiger partial charge in [0.2, 0.25) is 5.91 Å². The van der Waals surface area contributed by atoms with E-state index in [2.05, 4.69) is 0 Å². The maximum absolute atomic E-state index is 10.8. The van der Waals surface area contributed by atoms with Gasteiger partial charge in [-0.3, -0.25) is 4.79 Å². The largest absolute Gasteiger partial charge is 0.340 e. The Morgan fingerprint density at radius 3 is 2.10 bits per heavy atom. The normalized spacial score (nSPS) is 11.3. The van der Waals surface area contributed by atoms with Crippen LogP contribution in [0.4, 0.5) is 0 Å². The standard InChI is InChI=1S/C7H16N2O/c1-6(10)9(4)7(2,3)5-8/h5,8H2,1-4H3. The van der Waals surface area contributed by atoms with E-state index in [1.165, 1.54) is 6.92 Å². The van der Waals surface area contributed by atoms with Gasteiger partial charge in [-0.15, -0.1) is 0 Å². The first kappa shape index (κ1) is 9.43. The van der Waals surface area contributed by atoms with Crippen LogP contribution in [0.25, 0.3) is 0 Å². The number of nitrogens with two attached hydrogens (primary N) is 1. The van der Waals surface area contributed by atoms with Crippen molar-refractivity contribution in [2.45, 2.75) is 26.3 Å². The minimum absolute atomic E-state index is 0.0513. The van der Waals surface area contributed by atoms with Crippen LogP contribution in [0.3, 0.4) is 0 Å². The van der Waals surface area contributed by atoms with Crippen molar-refractivity contribution in [3.8, 4) is 0 Å².